The second-order valence-electron chi connectivity index (χ2n) is 6.21. The first-order chi connectivity index (χ1) is 8.86. The summed E-state index contributed by atoms with van der Waals surface area (Å²) in [6, 6.07) is 0. The monoisotopic (exact) mass is 289 g/mol. The number of carbonyl (C=O) groups is 1. The Bertz CT molecular complexity index is 438. The summed E-state index contributed by atoms with van der Waals surface area (Å²) in [6.45, 7) is 2.11. The number of sulfone groups is 1. The fourth-order valence-corrected chi connectivity index (χ4v) is 4.74. The smallest absolute Gasteiger partial charge is 0.224 e. The normalized spacial score (nSPS) is 38.0. The number of rotatable bonds is 3. The molecule has 2 fully saturated rings. The van der Waals surface area contributed by atoms with E-state index in [1.165, 1.54) is 0 Å². The van der Waals surface area contributed by atoms with Gasteiger partial charge in [-0.15, -0.1) is 0 Å². The summed E-state index contributed by atoms with van der Waals surface area (Å²) < 4.78 is 22.8. The summed E-state index contributed by atoms with van der Waals surface area (Å²) in [4.78, 5) is 12.2. The maximum atomic E-state index is 12.2. The van der Waals surface area contributed by atoms with Crippen LogP contribution in [0.3, 0.4) is 0 Å². The van der Waals surface area contributed by atoms with E-state index in [1.54, 1.807) is 0 Å². The van der Waals surface area contributed by atoms with Crippen LogP contribution in [0.15, 0.2) is 0 Å². The maximum absolute atomic E-state index is 12.2. The van der Waals surface area contributed by atoms with Crippen LogP contribution < -0.4 is 5.32 Å². The molecule has 0 spiro atoms. The van der Waals surface area contributed by atoms with E-state index in [-0.39, 0.29) is 24.0 Å². The van der Waals surface area contributed by atoms with Crippen molar-refractivity contribution in [2.45, 2.75) is 44.6 Å². The zero-order valence-corrected chi connectivity index (χ0v) is 12.2. The molecule has 6 heteroatoms. The van der Waals surface area contributed by atoms with Gasteiger partial charge in [0.25, 0.3) is 0 Å². The SMILES string of the molecule is CC1CCC(CO)(NC(=O)C2CCS(=O)(=O)C2)CC1. The van der Waals surface area contributed by atoms with Crippen molar-refractivity contribution < 1.29 is 18.3 Å². The molecule has 0 radical (unpaired) electrons. The molecule has 1 saturated carbocycles. The van der Waals surface area contributed by atoms with Crippen molar-refractivity contribution >= 4 is 15.7 Å². The molecule has 2 N–H and O–H groups in total. The molecule has 0 aromatic heterocycles. The van der Waals surface area contributed by atoms with Crippen molar-refractivity contribution in [3.63, 3.8) is 0 Å². The number of hydrogen-bond acceptors (Lipinski definition) is 4. The Balaban J connectivity index is 1.97. The van der Waals surface area contributed by atoms with E-state index in [2.05, 4.69) is 12.2 Å². The van der Waals surface area contributed by atoms with Gasteiger partial charge in [-0.25, -0.2) is 8.42 Å². The highest BCUT2D eigenvalue weighted by atomic mass is 32.2. The minimum Gasteiger partial charge on any atom is -0.394 e. The number of aliphatic hydroxyl groups excluding tert-OH is 1. The average molecular weight is 289 g/mol. The molecular formula is C13H23NO4S. The summed E-state index contributed by atoms with van der Waals surface area (Å²) in [7, 11) is -3.04. The molecule has 1 aliphatic carbocycles. The quantitative estimate of drug-likeness (QED) is 0.791. The van der Waals surface area contributed by atoms with Crippen LogP contribution in [-0.2, 0) is 14.6 Å². The molecule has 1 saturated heterocycles. The molecule has 1 aliphatic heterocycles. The first-order valence-electron chi connectivity index (χ1n) is 6.99. The highest BCUT2D eigenvalue weighted by Gasteiger charge is 2.39. The number of carbonyl (C=O) groups excluding carboxylic acids is 1. The molecule has 0 aromatic carbocycles. The van der Waals surface area contributed by atoms with Gasteiger partial charge < -0.3 is 10.4 Å². The largest absolute Gasteiger partial charge is 0.394 e. The van der Waals surface area contributed by atoms with Crippen LogP contribution in [0.4, 0.5) is 0 Å². The second kappa shape index (κ2) is 5.40. The van der Waals surface area contributed by atoms with E-state index in [1.807, 2.05) is 0 Å². The van der Waals surface area contributed by atoms with Gasteiger partial charge in [-0.2, -0.15) is 0 Å². The van der Waals surface area contributed by atoms with Gasteiger partial charge in [0.2, 0.25) is 5.91 Å². The lowest BCUT2D eigenvalue weighted by Gasteiger charge is -2.39. The lowest BCUT2D eigenvalue weighted by atomic mass is 9.77. The first kappa shape index (κ1) is 14.8. The third kappa shape index (κ3) is 3.48. The lowest BCUT2D eigenvalue weighted by molar-refractivity contribution is -0.127. The molecule has 1 atom stereocenters. The fraction of sp³-hybridized carbons (Fsp3) is 0.923. The Kier molecular flexibility index (Phi) is 4.20. The summed E-state index contributed by atoms with van der Waals surface area (Å²) >= 11 is 0. The predicted molar refractivity (Wildman–Crippen MR) is 72.4 cm³/mol. The molecule has 19 heavy (non-hydrogen) atoms. The molecule has 0 bridgehead atoms. The van der Waals surface area contributed by atoms with Crippen LogP contribution in [0.25, 0.3) is 0 Å². The summed E-state index contributed by atoms with van der Waals surface area (Å²) in [6.07, 6.45) is 3.94. The van der Waals surface area contributed by atoms with E-state index in [0.29, 0.717) is 12.3 Å². The Labute approximate surface area is 114 Å². The van der Waals surface area contributed by atoms with E-state index >= 15 is 0 Å². The van der Waals surface area contributed by atoms with Gasteiger partial charge >= 0.3 is 0 Å². The molecule has 5 nitrogen and oxygen atoms in total. The maximum Gasteiger partial charge on any atom is 0.224 e. The topological polar surface area (TPSA) is 83.5 Å². The lowest BCUT2D eigenvalue weighted by Crippen LogP contribution is -2.54. The van der Waals surface area contributed by atoms with Gasteiger partial charge in [-0.1, -0.05) is 6.92 Å². The molecule has 1 heterocycles. The third-order valence-electron chi connectivity index (χ3n) is 4.53. The summed E-state index contributed by atoms with van der Waals surface area (Å²) in [5, 5.41) is 12.5. The average Bonchev–Trinajstić information content (AvgIpc) is 2.73. The Morgan fingerprint density at radius 1 is 1.32 bits per heavy atom. The van der Waals surface area contributed by atoms with Gasteiger partial charge in [-0.05, 0) is 38.0 Å². The molecule has 1 unspecified atom stereocenters. The highest BCUT2D eigenvalue weighted by molar-refractivity contribution is 7.91. The molecule has 1 amide bonds. The van der Waals surface area contributed by atoms with Crippen molar-refractivity contribution in [2.75, 3.05) is 18.1 Å². The van der Waals surface area contributed by atoms with Crippen molar-refractivity contribution in [3.8, 4) is 0 Å². The highest BCUT2D eigenvalue weighted by Crippen LogP contribution is 2.32. The minimum atomic E-state index is -3.04. The van der Waals surface area contributed by atoms with Gasteiger partial charge in [0, 0.05) is 0 Å². The molecule has 110 valence electrons. The van der Waals surface area contributed by atoms with Crippen LogP contribution in [0.5, 0.6) is 0 Å². The number of aliphatic hydroxyl groups is 1. The Morgan fingerprint density at radius 2 is 1.95 bits per heavy atom. The third-order valence-corrected chi connectivity index (χ3v) is 6.29. The fourth-order valence-electron chi connectivity index (χ4n) is 3.00. The van der Waals surface area contributed by atoms with Crippen molar-refractivity contribution in [1.82, 2.24) is 5.32 Å². The zero-order valence-electron chi connectivity index (χ0n) is 11.4. The van der Waals surface area contributed by atoms with Crippen LogP contribution in [0.2, 0.25) is 0 Å². The molecule has 0 aromatic rings. The van der Waals surface area contributed by atoms with E-state index in [0.717, 1.165) is 25.7 Å². The second-order valence-corrected chi connectivity index (χ2v) is 8.44. The van der Waals surface area contributed by atoms with E-state index < -0.39 is 21.3 Å². The molecule has 2 rings (SSSR count). The van der Waals surface area contributed by atoms with Crippen molar-refractivity contribution in [3.05, 3.63) is 0 Å². The van der Waals surface area contributed by atoms with Gasteiger partial charge in [0.05, 0.1) is 29.6 Å². The Hall–Kier alpha value is -0.620. The summed E-state index contributed by atoms with van der Waals surface area (Å²) in [5.74, 6) is 0.0474. The van der Waals surface area contributed by atoms with Crippen LogP contribution in [0, 0.1) is 11.8 Å². The number of nitrogens with one attached hydrogen (secondary N) is 1. The zero-order chi connectivity index (χ0) is 14.1. The van der Waals surface area contributed by atoms with Gasteiger partial charge in [0.1, 0.15) is 0 Å². The molecule has 2 aliphatic rings. The number of hydrogen-bond donors (Lipinski definition) is 2. The summed E-state index contributed by atoms with van der Waals surface area (Å²) in [5.41, 5.74) is -0.532. The van der Waals surface area contributed by atoms with Gasteiger partial charge in [0.15, 0.2) is 9.84 Å². The predicted octanol–water partition coefficient (Wildman–Crippen LogP) is 0.478. The molecular weight excluding hydrogens is 266 g/mol. The van der Waals surface area contributed by atoms with Crippen LogP contribution in [-0.4, -0.2) is 43.1 Å². The van der Waals surface area contributed by atoms with E-state index in [4.69, 9.17) is 0 Å². The van der Waals surface area contributed by atoms with Gasteiger partial charge in [-0.3, -0.25) is 4.79 Å². The van der Waals surface area contributed by atoms with Crippen molar-refractivity contribution in [1.29, 1.82) is 0 Å². The van der Waals surface area contributed by atoms with Crippen molar-refractivity contribution in [2.24, 2.45) is 11.8 Å². The van der Waals surface area contributed by atoms with Crippen LogP contribution >= 0.6 is 0 Å². The Morgan fingerprint density at radius 3 is 2.42 bits per heavy atom. The van der Waals surface area contributed by atoms with Crippen LogP contribution in [0.1, 0.15) is 39.0 Å². The minimum absolute atomic E-state index is 0.0449. The number of amides is 1. The standard InChI is InChI=1S/C13H23NO4S/c1-10-2-5-13(9-15,6-3-10)14-12(16)11-4-7-19(17,18)8-11/h10-11,15H,2-9H2,1H3,(H,14,16). The van der Waals surface area contributed by atoms with E-state index in [9.17, 15) is 18.3 Å². The first-order valence-corrected chi connectivity index (χ1v) is 8.81.